The Kier molecular flexibility index (Phi) is 5.03. The maximum Gasteiger partial charge on any atom is 0.227 e. The second-order valence-electron chi connectivity index (χ2n) is 7.97. The second kappa shape index (κ2) is 7.82. The summed E-state index contributed by atoms with van der Waals surface area (Å²) >= 11 is 1.85. The number of aromatic nitrogens is 3. The lowest BCUT2D eigenvalue weighted by Crippen LogP contribution is -2.42. The van der Waals surface area contributed by atoms with Crippen molar-refractivity contribution in [2.75, 3.05) is 31.5 Å². The molecule has 3 aromatic rings. The van der Waals surface area contributed by atoms with Crippen LogP contribution >= 0.6 is 11.3 Å². The fraction of sp³-hybridized carbons (Fsp3) is 0.409. The molecule has 1 saturated heterocycles. The number of hydrogen-bond acceptors (Lipinski definition) is 7. The Labute approximate surface area is 175 Å². The zero-order valence-electron chi connectivity index (χ0n) is 17.0. The Morgan fingerprint density at radius 2 is 1.83 bits per heavy atom. The van der Waals surface area contributed by atoms with E-state index in [4.69, 9.17) is 9.97 Å². The van der Waals surface area contributed by atoms with Gasteiger partial charge in [0.2, 0.25) is 5.95 Å². The van der Waals surface area contributed by atoms with Crippen molar-refractivity contribution in [3.05, 3.63) is 51.0 Å². The minimum atomic E-state index is 0.637. The summed E-state index contributed by atoms with van der Waals surface area (Å²) in [5.74, 6) is 0.637. The zero-order valence-corrected chi connectivity index (χ0v) is 17.8. The number of anilines is 2. The molecule has 1 aromatic carbocycles. The molecule has 0 bridgehead atoms. The molecule has 0 spiro atoms. The van der Waals surface area contributed by atoms with Gasteiger partial charge in [0.25, 0.3) is 0 Å². The van der Waals surface area contributed by atoms with Crippen LogP contribution in [0.3, 0.4) is 0 Å². The van der Waals surface area contributed by atoms with Crippen molar-refractivity contribution < 1.29 is 0 Å². The maximum atomic E-state index is 5.00. The van der Waals surface area contributed by atoms with Crippen LogP contribution in [-0.2, 0) is 19.4 Å². The first-order valence-corrected chi connectivity index (χ1v) is 11.1. The van der Waals surface area contributed by atoms with Crippen molar-refractivity contribution >= 4 is 23.0 Å². The highest BCUT2D eigenvalue weighted by Crippen LogP contribution is 2.36. The van der Waals surface area contributed by atoms with Crippen LogP contribution in [-0.4, -0.2) is 46.0 Å². The van der Waals surface area contributed by atoms with E-state index in [1.54, 1.807) is 0 Å². The van der Waals surface area contributed by atoms with E-state index in [0.29, 0.717) is 5.95 Å². The van der Waals surface area contributed by atoms with Gasteiger partial charge in [0.1, 0.15) is 10.7 Å². The average Bonchev–Trinajstić information content (AvgIpc) is 3.11. The van der Waals surface area contributed by atoms with Crippen molar-refractivity contribution in [1.82, 2.24) is 25.2 Å². The first-order valence-electron chi connectivity index (χ1n) is 10.3. The minimum Gasteiger partial charge on any atom is -0.324 e. The fourth-order valence-electron chi connectivity index (χ4n) is 4.16. The Morgan fingerprint density at radius 1 is 1.03 bits per heavy atom. The molecule has 5 rings (SSSR count). The van der Waals surface area contributed by atoms with Gasteiger partial charge in [-0.25, -0.2) is 15.0 Å². The van der Waals surface area contributed by atoms with Gasteiger partial charge >= 0.3 is 0 Å². The summed E-state index contributed by atoms with van der Waals surface area (Å²) in [6.45, 7) is 9.46. The summed E-state index contributed by atoms with van der Waals surface area (Å²) in [5.41, 5.74) is 6.73. The molecule has 1 aliphatic heterocycles. The van der Waals surface area contributed by atoms with E-state index in [1.807, 2.05) is 17.5 Å². The van der Waals surface area contributed by atoms with Crippen LogP contribution in [0.5, 0.6) is 0 Å². The average molecular weight is 407 g/mol. The molecule has 0 radical (unpaired) electrons. The Balaban J connectivity index is 1.41. The minimum absolute atomic E-state index is 0.637. The lowest BCUT2D eigenvalue weighted by atomic mass is 10.00. The maximum absolute atomic E-state index is 5.00. The number of nitrogens with one attached hydrogen (secondary N) is 2. The van der Waals surface area contributed by atoms with E-state index in [0.717, 1.165) is 62.6 Å². The molecule has 0 atom stereocenters. The van der Waals surface area contributed by atoms with Gasteiger partial charge < -0.3 is 10.6 Å². The summed E-state index contributed by atoms with van der Waals surface area (Å²) in [7, 11) is 0. The highest BCUT2D eigenvalue weighted by Gasteiger charge is 2.24. The number of thiazole rings is 1. The summed E-state index contributed by atoms with van der Waals surface area (Å²) in [6.07, 6.45) is 3.99. The number of piperazine rings is 1. The molecule has 7 heteroatoms. The van der Waals surface area contributed by atoms with Gasteiger partial charge in [-0.2, -0.15) is 0 Å². The topological polar surface area (TPSA) is 66.0 Å². The Morgan fingerprint density at radius 3 is 2.62 bits per heavy atom. The van der Waals surface area contributed by atoms with Gasteiger partial charge in [-0.05, 0) is 55.5 Å². The van der Waals surface area contributed by atoms with Crippen LogP contribution in [0.15, 0.2) is 24.4 Å². The molecule has 6 nitrogen and oxygen atoms in total. The van der Waals surface area contributed by atoms with Crippen molar-refractivity contribution in [2.24, 2.45) is 0 Å². The zero-order chi connectivity index (χ0) is 19.8. The number of aryl methyl sites for hydroxylation is 4. The number of nitrogens with zero attached hydrogens (tertiary/aromatic N) is 4. The van der Waals surface area contributed by atoms with Gasteiger partial charge in [0.05, 0.1) is 12.2 Å². The normalized spacial score (nSPS) is 16.3. The van der Waals surface area contributed by atoms with Crippen LogP contribution in [0.25, 0.3) is 11.4 Å². The van der Waals surface area contributed by atoms with Gasteiger partial charge in [-0.15, -0.1) is 11.3 Å². The largest absolute Gasteiger partial charge is 0.324 e. The fourth-order valence-corrected chi connectivity index (χ4v) is 5.27. The first-order chi connectivity index (χ1) is 14.1. The van der Waals surface area contributed by atoms with E-state index in [9.17, 15) is 0 Å². The summed E-state index contributed by atoms with van der Waals surface area (Å²) < 4.78 is 0. The lowest BCUT2D eigenvalue weighted by Gasteiger charge is -2.26. The quantitative estimate of drug-likeness (QED) is 0.692. The molecule has 29 heavy (non-hydrogen) atoms. The third kappa shape index (κ3) is 4.03. The Bertz CT molecular complexity index is 1020. The van der Waals surface area contributed by atoms with Gasteiger partial charge in [-0.1, -0.05) is 6.07 Å². The molecule has 0 amide bonds. The Hall–Kier alpha value is -2.35. The molecule has 2 N–H and O–H groups in total. The molecule has 0 saturated carbocycles. The second-order valence-corrected chi connectivity index (χ2v) is 9.14. The highest BCUT2D eigenvalue weighted by molar-refractivity contribution is 7.12. The van der Waals surface area contributed by atoms with E-state index in [-0.39, 0.29) is 0 Å². The van der Waals surface area contributed by atoms with Crippen LogP contribution in [0.1, 0.15) is 26.6 Å². The predicted molar refractivity (Wildman–Crippen MR) is 118 cm³/mol. The van der Waals surface area contributed by atoms with Gasteiger partial charge in [0, 0.05) is 42.9 Å². The third-order valence-electron chi connectivity index (χ3n) is 5.50. The molecular weight excluding hydrogens is 380 g/mol. The van der Waals surface area contributed by atoms with Crippen molar-refractivity contribution in [3.8, 4) is 11.4 Å². The van der Waals surface area contributed by atoms with Gasteiger partial charge in [-0.3, -0.25) is 4.90 Å². The lowest BCUT2D eigenvalue weighted by molar-refractivity contribution is 0.233. The molecule has 0 unspecified atom stereocenters. The molecule has 2 aliphatic rings. The van der Waals surface area contributed by atoms with Crippen LogP contribution in [0.4, 0.5) is 11.6 Å². The van der Waals surface area contributed by atoms with Crippen LogP contribution in [0, 0.1) is 13.8 Å². The van der Waals surface area contributed by atoms with Crippen molar-refractivity contribution in [3.63, 3.8) is 0 Å². The molecule has 1 fully saturated rings. The number of benzene rings is 1. The van der Waals surface area contributed by atoms with E-state index in [2.05, 4.69) is 52.6 Å². The summed E-state index contributed by atoms with van der Waals surface area (Å²) in [4.78, 5) is 18.3. The number of hydrogen-bond donors (Lipinski definition) is 2. The van der Waals surface area contributed by atoms with Crippen LogP contribution in [0.2, 0.25) is 0 Å². The molecule has 3 heterocycles. The molecule has 2 aromatic heterocycles. The predicted octanol–water partition coefficient (Wildman–Crippen LogP) is 3.46. The van der Waals surface area contributed by atoms with E-state index >= 15 is 0 Å². The first kappa shape index (κ1) is 18.7. The highest BCUT2D eigenvalue weighted by atomic mass is 32.1. The molecule has 1 aliphatic carbocycles. The summed E-state index contributed by atoms with van der Waals surface area (Å²) in [5, 5.41) is 7.99. The monoisotopic (exact) mass is 406 g/mol. The van der Waals surface area contributed by atoms with Crippen molar-refractivity contribution in [1.29, 1.82) is 0 Å². The molecule has 150 valence electrons. The SMILES string of the molecule is Cc1cc(C)cc(Nc2ncc3c(n2)-c2nc(CN4CCNCC4)sc2CC3)c1. The number of fused-ring (bicyclic) bond motifs is 3. The summed E-state index contributed by atoms with van der Waals surface area (Å²) in [6, 6.07) is 6.41. The van der Waals surface area contributed by atoms with E-state index < -0.39 is 0 Å². The third-order valence-corrected chi connectivity index (χ3v) is 6.60. The van der Waals surface area contributed by atoms with Gasteiger partial charge in [0.15, 0.2) is 0 Å². The van der Waals surface area contributed by atoms with Crippen LogP contribution < -0.4 is 10.6 Å². The number of rotatable bonds is 4. The standard InChI is InChI=1S/C22H26N6S/c1-14-9-15(2)11-17(10-14)25-22-24-12-16-3-4-18-21(20(16)27-22)26-19(29-18)13-28-7-5-23-6-8-28/h9-12,23H,3-8,13H2,1-2H3,(H,24,25,27). The smallest absolute Gasteiger partial charge is 0.227 e. The van der Waals surface area contributed by atoms with Crippen molar-refractivity contribution in [2.45, 2.75) is 33.2 Å². The van der Waals surface area contributed by atoms with E-state index in [1.165, 1.54) is 26.6 Å². The molecular formula is C22H26N6S.